The molecule has 0 spiro atoms. The molecule has 216 valence electrons. The van der Waals surface area contributed by atoms with Gasteiger partial charge in [-0.15, -0.1) is 0 Å². The number of nitrogens with two attached hydrogens (primary N) is 1. The molecule has 0 aliphatic carbocycles. The highest BCUT2D eigenvalue weighted by Crippen LogP contribution is 2.22. The van der Waals surface area contributed by atoms with E-state index in [0.717, 1.165) is 28.7 Å². The lowest BCUT2D eigenvalue weighted by atomic mass is 10.0. The van der Waals surface area contributed by atoms with Crippen LogP contribution in [-0.4, -0.2) is 54.0 Å². The summed E-state index contributed by atoms with van der Waals surface area (Å²) in [6, 6.07) is 24.1. The largest absolute Gasteiger partial charge is 0.479 e. The van der Waals surface area contributed by atoms with Crippen molar-refractivity contribution in [2.75, 3.05) is 13.2 Å². The van der Waals surface area contributed by atoms with Gasteiger partial charge < -0.3 is 25.4 Å². The first kappa shape index (κ1) is 29.8. The second kappa shape index (κ2) is 14.5. The van der Waals surface area contributed by atoms with Crippen LogP contribution in [0.15, 0.2) is 78.9 Å². The molecule has 8 nitrogen and oxygen atoms in total. The van der Waals surface area contributed by atoms with Crippen LogP contribution in [0.1, 0.15) is 44.2 Å². The molecule has 0 aromatic heterocycles. The highest BCUT2D eigenvalue weighted by Gasteiger charge is 2.36. The minimum Gasteiger partial charge on any atom is -0.479 e. The zero-order chi connectivity index (χ0) is 29.2. The molecule has 3 aromatic rings. The number of hydrogen-bond acceptors (Lipinski definition) is 6. The van der Waals surface area contributed by atoms with Gasteiger partial charge in [0.2, 0.25) is 11.8 Å². The van der Waals surface area contributed by atoms with Crippen LogP contribution in [0.25, 0.3) is 11.1 Å². The minimum absolute atomic E-state index is 0.191. The smallest absolute Gasteiger partial charge is 0.347 e. The van der Waals surface area contributed by atoms with Crippen LogP contribution in [0.4, 0.5) is 0 Å². The van der Waals surface area contributed by atoms with Crippen molar-refractivity contribution in [2.24, 2.45) is 5.73 Å². The van der Waals surface area contributed by atoms with E-state index in [1.54, 1.807) is 24.0 Å². The van der Waals surface area contributed by atoms with Gasteiger partial charge in [0, 0.05) is 13.1 Å². The second-order valence-electron chi connectivity index (χ2n) is 10.2. The van der Waals surface area contributed by atoms with Crippen molar-refractivity contribution in [1.29, 1.82) is 0 Å². The van der Waals surface area contributed by atoms with E-state index in [2.05, 4.69) is 17.4 Å². The molecule has 0 radical (unpaired) electrons. The third kappa shape index (κ3) is 7.95. The lowest BCUT2D eigenvalue weighted by molar-refractivity contribution is -0.151. The summed E-state index contributed by atoms with van der Waals surface area (Å²) < 4.78 is 10.8. The molecule has 8 heteroatoms. The molecule has 2 amide bonds. The first-order valence-corrected chi connectivity index (χ1v) is 14.3. The summed E-state index contributed by atoms with van der Waals surface area (Å²) in [5.41, 5.74) is 10.4. The quantitative estimate of drug-likeness (QED) is 0.322. The monoisotopic (exact) mass is 557 g/mol. The Morgan fingerprint density at radius 2 is 1.59 bits per heavy atom. The van der Waals surface area contributed by atoms with Crippen LogP contribution in [0.5, 0.6) is 5.75 Å². The number of amides is 2. The van der Waals surface area contributed by atoms with Crippen molar-refractivity contribution in [3.63, 3.8) is 0 Å². The van der Waals surface area contributed by atoms with E-state index in [4.69, 9.17) is 15.2 Å². The molecule has 0 unspecified atom stereocenters. The fourth-order valence-corrected chi connectivity index (χ4v) is 5.01. The zero-order valence-corrected chi connectivity index (χ0v) is 23.8. The fraction of sp³-hybridized carbons (Fsp3) is 0.364. The number of hydrogen-bond donors (Lipinski definition) is 2. The van der Waals surface area contributed by atoms with Crippen LogP contribution in [0.2, 0.25) is 0 Å². The van der Waals surface area contributed by atoms with Gasteiger partial charge in [-0.1, -0.05) is 73.7 Å². The molecule has 4 rings (SSSR count). The number of carbonyl (C=O) groups is 3. The van der Waals surface area contributed by atoms with E-state index in [9.17, 15) is 14.4 Å². The van der Waals surface area contributed by atoms with Gasteiger partial charge in [0.05, 0.1) is 12.6 Å². The average Bonchev–Trinajstić information content (AvgIpc) is 3.50. The predicted molar refractivity (Wildman–Crippen MR) is 158 cm³/mol. The molecular weight excluding hydrogens is 518 g/mol. The zero-order valence-electron chi connectivity index (χ0n) is 23.8. The topological polar surface area (TPSA) is 111 Å². The normalized spacial score (nSPS) is 16.1. The molecule has 41 heavy (non-hydrogen) atoms. The maximum absolute atomic E-state index is 13.2. The molecular formula is C33H39N3O5. The molecule has 1 aliphatic heterocycles. The minimum atomic E-state index is -0.722. The number of carbonyl (C=O) groups excluding carboxylic acids is 3. The van der Waals surface area contributed by atoms with Gasteiger partial charge in [-0.25, -0.2) is 4.79 Å². The van der Waals surface area contributed by atoms with Gasteiger partial charge >= 0.3 is 5.97 Å². The number of esters is 1. The second-order valence-corrected chi connectivity index (χ2v) is 10.2. The summed E-state index contributed by atoms with van der Waals surface area (Å²) in [5.74, 6) is -0.230. The van der Waals surface area contributed by atoms with Crippen LogP contribution in [-0.2, 0) is 32.1 Å². The van der Waals surface area contributed by atoms with Crippen LogP contribution >= 0.6 is 0 Å². The Balaban J connectivity index is 1.28. The highest BCUT2D eigenvalue weighted by molar-refractivity contribution is 5.90. The van der Waals surface area contributed by atoms with E-state index < -0.39 is 18.2 Å². The Morgan fingerprint density at radius 1 is 0.927 bits per heavy atom. The van der Waals surface area contributed by atoms with Crippen LogP contribution < -0.4 is 15.8 Å². The maximum atomic E-state index is 13.2. The fourth-order valence-electron chi connectivity index (χ4n) is 5.01. The van der Waals surface area contributed by atoms with Crippen molar-refractivity contribution in [1.82, 2.24) is 10.2 Å². The van der Waals surface area contributed by atoms with Crippen LogP contribution in [0, 0.1) is 0 Å². The summed E-state index contributed by atoms with van der Waals surface area (Å²) in [6.07, 6.45) is 1.61. The molecule has 3 atom stereocenters. The Morgan fingerprint density at radius 3 is 2.24 bits per heavy atom. The molecule has 0 bridgehead atoms. The van der Waals surface area contributed by atoms with Crippen LogP contribution in [0.3, 0.4) is 0 Å². The van der Waals surface area contributed by atoms with Gasteiger partial charge in [0.25, 0.3) is 0 Å². The highest BCUT2D eigenvalue weighted by atomic mass is 16.6. The maximum Gasteiger partial charge on any atom is 0.347 e. The summed E-state index contributed by atoms with van der Waals surface area (Å²) in [7, 11) is 0. The first-order chi connectivity index (χ1) is 19.9. The lowest BCUT2D eigenvalue weighted by Gasteiger charge is -2.27. The Hall–Kier alpha value is -4.17. The van der Waals surface area contributed by atoms with Crippen molar-refractivity contribution in [3.8, 4) is 16.9 Å². The Kier molecular flexibility index (Phi) is 10.5. The lowest BCUT2D eigenvalue weighted by Crippen LogP contribution is -2.51. The number of ether oxygens (including phenoxy) is 2. The molecule has 0 saturated carbocycles. The first-order valence-electron chi connectivity index (χ1n) is 14.3. The van der Waals surface area contributed by atoms with Gasteiger partial charge in [-0.2, -0.15) is 0 Å². The predicted octanol–water partition coefficient (Wildman–Crippen LogP) is 4.25. The van der Waals surface area contributed by atoms with Gasteiger partial charge in [0.15, 0.2) is 6.10 Å². The average molecular weight is 558 g/mol. The summed E-state index contributed by atoms with van der Waals surface area (Å²) >= 11 is 0. The van der Waals surface area contributed by atoms with Gasteiger partial charge in [-0.3, -0.25) is 9.59 Å². The third-order valence-corrected chi connectivity index (χ3v) is 7.26. The van der Waals surface area contributed by atoms with Crippen molar-refractivity contribution < 1.29 is 23.9 Å². The SMILES string of the molecule is CCOC(=O)[C@@H](CC)Oc1ccc(CNC(=O)[C@@H]2CCCN2C(=O)[C@@H](N)Cc2ccc(-c3ccccc3)cc2)cc1. The molecule has 1 aliphatic rings. The number of rotatable bonds is 12. The number of nitrogens with zero attached hydrogens (tertiary/aromatic N) is 1. The van der Waals surface area contributed by atoms with E-state index in [1.165, 1.54) is 0 Å². The summed E-state index contributed by atoms with van der Waals surface area (Å²) in [6.45, 7) is 4.75. The van der Waals surface area contributed by atoms with E-state index >= 15 is 0 Å². The number of benzene rings is 3. The molecule has 1 heterocycles. The van der Waals surface area contributed by atoms with Gasteiger partial charge in [-0.05, 0) is 67.0 Å². The van der Waals surface area contributed by atoms with Crippen molar-refractivity contribution >= 4 is 17.8 Å². The Bertz CT molecular complexity index is 1290. The Labute approximate surface area is 241 Å². The van der Waals surface area contributed by atoms with Crippen molar-refractivity contribution in [3.05, 3.63) is 90.0 Å². The molecule has 1 saturated heterocycles. The number of likely N-dealkylation sites (tertiary alicyclic amines) is 1. The third-order valence-electron chi connectivity index (χ3n) is 7.26. The number of nitrogens with one attached hydrogen (secondary N) is 1. The van der Waals surface area contributed by atoms with Gasteiger partial charge in [0.1, 0.15) is 11.8 Å². The van der Waals surface area contributed by atoms with E-state index in [-0.39, 0.29) is 17.8 Å². The van der Waals surface area contributed by atoms with E-state index in [1.807, 2.05) is 61.5 Å². The molecule has 1 fully saturated rings. The molecule has 3 N–H and O–H groups in total. The van der Waals surface area contributed by atoms with Crippen molar-refractivity contribution in [2.45, 2.75) is 64.3 Å². The van der Waals surface area contributed by atoms with E-state index in [0.29, 0.717) is 44.7 Å². The summed E-state index contributed by atoms with van der Waals surface area (Å²) in [4.78, 5) is 39.9. The molecule has 3 aromatic carbocycles. The standard InChI is InChI=1S/C33H39N3O5/c1-3-30(33(39)40-4-2)41-27-18-14-24(15-19-27)22-35-31(37)29-11-8-20-36(29)32(38)28(34)21-23-12-16-26(17-13-23)25-9-6-5-7-10-25/h5-7,9-10,12-19,28-30H,3-4,8,11,20-22,34H2,1-2H3,(H,35,37)/t28-,29-,30+/m0/s1. The summed E-state index contributed by atoms with van der Waals surface area (Å²) in [5, 5.41) is 2.95.